The van der Waals surface area contributed by atoms with E-state index in [4.69, 9.17) is 0 Å². The summed E-state index contributed by atoms with van der Waals surface area (Å²) in [6.07, 6.45) is 9.36. The van der Waals surface area contributed by atoms with Crippen molar-refractivity contribution in [1.82, 2.24) is 15.3 Å². The van der Waals surface area contributed by atoms with Crippen LogP contribution in [0.1, 0.15) is 74.4 Å². The number of hydrogen-bond donors (Lipinski definition) is 3. The van der Waals surface area contributed by atoms with Gasteiger partial charge in [-0.1, -0.05) is 26.0 Å². The molecule has 3 rings (SSSR count). The number of allylic oxidation sites excluding steroid dienone is 2. The number of aromatic amines is 1. The Labute approximate surface area is 190 Å². The van der Waals surface area contributed by atoms with Crippen LogP contribution >= 0.6 is 11.8 Å². The summed E-state index contributed by atoms with van der Waals surface area (Å²) in [6, 6.07) is 6.40. The van der Waals surface area contributed by atoms with Gasteiger partial charge in [0.05, 0.1) is 0 Å². The summed E-state index contributed by atoms with van der Waals surface area (Å²) in [5.41, 5.74) is 5.54. The molecule has 0 atom stereocenters. The number of anilines is 1. The number of hydrogen-bond acceptors (Lipinski definition) is 4. The lowest BCUT2D eigenvalue weighted by Crippen LogP contribution is -2.38. The second-order valence-electron chi connectivity index (χ2n) is 9.77. The van der Waals surface area contributed by atoms with E-state index in [1.54, 1.807) is 6.20 Å². The van der Waals surface area contributed by atoms with Gasteiger partial charge in [0.25, 0.3) is 5.91 Å². The van der Waals surface area contributed by atoms with Gasteiger partial charge in [-0.2, -0.15) is 11.8 Å². The molecule has 1 heterocycles. The predicted molar refractivity (Wildman–Crippen MR) is 133 cm³/mol. The molecule has 0 saturated heterocycles. The molecule has 0 saturated carbocycles. The average Bonchev–Trinajstić information content (AvgIpc) is 3.15. The number of benzene rings is 1. The second kappa shape index (κ2) is 9.61. The highest BCUT2D eigenvalue weighted by Gasteiger charge is 2.26. The minimum absolute atomic E-state index is 0.153. The summed E-state index contributed by atoms with van der Waals surface area (Å²) >= 11 is 1.84. The van der Waals surface area contributed by atoms with Crippen LogP contribution in [0.4, 0.5) is 5.69 Å². The first-order valence-electron chi connectivity index (χ1n) is 11.0. The number of amides is 1. The van der Waals surface area contributed by atoms with Gasteiger partial charge < -0.3 is 15.6 Å². The van der Waals surface area contributed by atoms with Gasteiger partial charge in [-0.3, -0.25) is 4.79 Å². The Hall–Kier alpha value is -2.05. The summed E-state index contributed by atoms with van der Waals surface area (Å²) in [5, 5.41) is 6.76. The van der Waals surface area contributed by atoms with E-state index in [2.05, 4.69) is 72.8 Å². The molecule has 1 aromatic carbocycles. The maximum Gasteiger partial charge on any atom is 0.291 e. The molecule has 1 aliphatic carbocycles. The average molecular weight is 441 g/mol. The first-order chi connectivity index (χ1) is 14.6. The summed E-state index contributed by atoms with van der Waals surface area (Å²) < 4.78 is 0. The zero-order valence-electron chi connectivity index (χ0n) is 19.7. The molecule has 0 fully saturated rings. The third-order valence-electron chi connectivity index (χ3n) is 6.10. The van der Waals surface area contributed by atoms with Gasteiger partial charge >= 0.3 is 0 Å². The number of rotatable bonds is 8. The van der Waals surface area contributed by atoms with Crippen molar-refractivity contribution >= 4 is 28.9 Å². The standard InChI is InChI=1S/C25H36N4OS/c1-17-16-26-22(28-17)23(30)29-21-8-7-19(25(4,5)27-13-14-31-6)15-20(21)18-9-11-24(2,3)12-10-18/h7-9,15-16,27H,10-14H2,1-6H3,(H,26,28)(H,29,30). The number of thioether (sulfide) groups is 1. The number of carbonyl (C=O) groups excluding carboxylic acids is 1. The lowest BCUT2D eigenvalue weighted by Gasteiger charge is -2.31. The molecule has 3 N–H and O–H groups in total. The van der Waals surface area contributed by atoms with Crippen molar-refractivity contribution in [1.29, 1.82) is 0 Å². The Morgan fingerprint density at radius 3 is 2.71 bits per heavy atom. The van der Waals surface area contributed by atoms with Crippen molar-refractivity contribution in [2.75, 3.05) is 23.9 Å². The molecule has 0 aliphatic heterocycles. The molecule has 1 aliphatic rings. The van der Waals surface area contributed by atoms with Crippen LogP contribution in [-0.2, 0) is 5.54 Å². The SMILES string of the molecule is CSCCNC(C)(C)c1ccc(NC(=O)c2ncc(C)[nH]2)c(C2=CCC(C)(C)CC2)c1. The van der Waals surface area contributed by atoms with E-state index in [1.807, 2.05) is 24.8 Å². The van der Waals surface area contributed by atoms with Gasteiger partial charge in [-0.15, -0.1) is 0 Å². The van der Waals surface area contributed by atoms with Gasteiger partial charge in [-0.25, -0.2) is 4.98 Å². The normalized spacial score (nSPS) is 16.1. The molecule has 1 amide bonds. The summed E-state index contributed by atoms with van der Waals surface area (Å²) in [7, 11) is 0. The zero-order valence-corrected chi connectivity index (χ0v) is 20.5. The van der Waals surface area contributed by atoms with Gasteiger partial charge in [-0.05, 0) is 75.0 Å². The molecule has 0 bridgehead atoms. The largest absolute Gasteiger partial charge is 0.338 e. The molecule has 0 unspecified atom stereocenters. The summed E-state index contributed by atoms with van der Waals surface area (Å²) in [4.78, 5) is 20.0. The molecule has 2 aromatic rings. The third kappa shape index (κ3) is 6.01. The predicted octanol–water partition coefficient (Wildman–Crippen LogP) is 5.75. The van der Waals surface area contributed by atoms with Crippen LogP contribution < -0.4 is 10.6 Å². The molecule has 1 aromatic heterocycles. The van der Waals surface area contributed by atoms with E-state index in [0.29, 0.717) is 11.2 Å². The Balaban J connectivity index is 1.94. The monoisotopic (exact) mass is 440 g/mol. The summed E-state index contributed by atoms with van der Waals surface area (Å²) in [6.45, 7) is 11.9. The van der Waals surface area contributed by atoms with Gasteiger partial charge in [0.15, 0.2) is 5.82 Å². The van der Waals surface area contributed by atoms with E-state index in [1.165, 1.54) is 11.1 Å². The highest BCUT2D eigenvalue weighted by Crippen LogP contribution is 2.41. The van der Waals surface area contributed by atoms with E-state index in [9.17, 15) is 4.79 Å². The number of H-pyrrole nitrogens is 1. The number of nitrogens with zero attached hydrogens (tertiary/aromatic N) is 1. The lowest BCUT2D eigenvalue weighted by molar-refractivity contribution is 0.101. The quantitative estimate of drug-likeness (QED) is 0.457. The highest BCUT2D eigenvalue weighted by atomic mass is 32.2. The Morgan fingerprint density at radius 2 is 2.10 bits per heavy atom. The van der Waals surface area contributed by atoms with Crippen molar-refractivity contribution in [2.24, 2.45) is 5.41 Å². The van der Waals surface area contributed by atoms with Crippen molar-refractivity contribution in [3.63, 3.8) is 0 Å². The van der Waals surface area contributed by atoms with Crippen LogP contribution in [0.15, 0.2) is 30.5 Å². The fourth-order valence-corrected chi connectivity index (χ4v) is 4.21. The first-order valence-corrected chi connectivity index (χ1v) is 12.4. The fraction of sp³-hybridized carbons (Fsp3) is 0.520. The topological polar surface area (TPSA) is 69.8 Å². The zero-order chi connectivity index (χ0) is 22.6. The van der Waals surface area contributed by atoms with Crippen LogP contribution in [-0.4, -0.2) is 34.4 Å². The van der Waals surface area contributed by atoms with Crippen LogP contribution in [0.2, 0.25) is 0 Å². The van der Waals surface area contributed by atoms with E-state index in [0.717, 1.165) is 48.5 Å². The number of aryl methyl sites for hydroxylation is 1. The second-order valence-corrected chi connectivity index (χ2v) is 10.8. The molecule has 168 valence electrons. The van der Waals surface area contributed by atoms with E-state index < -0.39 is 0 Å². The van der Waals surface area contributed by atoms with Gasteiger partial charge in [0, 0.05) is 41.0 Å². The van der Waals surface area contributed by atoms with Crippen molar-refractivity contribution in [2.45, 2.75) is 59.4 Å². The molecule has 0 spiro atoms. The fourth-order valence-electron chi connectivity index (χ4n) is 3.91. The molecular weight excluding hydrogens is 404 g/mol. The Bertz CT molecular complexity index is 958. The molecule has 31 heavy (non-hydrogen) atoms. The minimum atomic E-state index is -0.212. The van der Waals surface area contributed by atoms with Gasteiger partial charge in [0.2, 0.25) is 0 Å². The van der Waals surface area contributed by atoms with Crippen LogP contribution in [0, 0.1) is 12.3 Å². The van der Waals surface area contributed by atoms with Crippen molar-refractivity contribution < 1.29 is 4.79 Å². The number of nitrogens with one attached hydrogen (secondary N) is 3. The lowest BCUT2D eigenvalue weighted by atomic mass is 9.76. The van der Waals surface area contributed by atoms with Crippen LogP contribution in [0.3, 0.4) is 0 Å². The maximum atomic E-state index is 12.8. The third-order valence-corrected chi connectivity index (χ3v) is 6.71. The van der Waals surface area contributed by atoms with Crippen LogP contribution in [0.25, 0.3) is 5.57 Å². The molecule has 0 radical (unpaired) electrons. The number of carbonyl (C=O) groups is 1. The highest BCUT2D eigenvalue weighted by molar-refractivity contribution is 7.98. The van der Waals surface area contributed by atoms with Gasteiger partial charge in [0.1, 0.15) is 0 Å². The van der Waals surface area contributed by atoms with Crippen molar-refractivity contribution in [3.8, 4) is 0 Å². The molecule has 6 heteroatoms. The number of imidazole rings is 1. The molecule has 5 nitrogen and oxygen atoms in total. The summed E-state index contributed by atoms with van der Waals surface area (Å²) in [5.74, 6) is 1.20. The van der Waals surface area contributed by atoms with Crippen molar-refractivity contribution in [3.05, 3.63) is 53.1 Å². The molecular formula is C25H36N4OS. The first kappa shape index (κ1) is 23.6. The number of aromatic nitrogens is 2. The Kier molecular flexibility index (Phi) is 7.32. The minimum Gasteiger partial charge on any atom is -0.338 e. The Morgan fingerprint density at radius 1 is 1.32 bits per heavy atom. The smallest absolute Gasteiger partial charge is 0.291 e. The van der Waals surface area contributed by atoms with E-state index in [-0.39, 0.29) is 11.4 Å². The maximum absolute atomic E-state index is 12.8. The van der Waals surface area contributed by atoms with Crippen LogP contribution in [0.5, 0.6) is 0 Å². The van der Waals surface area contributed by atoms with E-state index >= 15 is 0 Å².